The number of fused-ring (bicyclic) bond motifs is 3. The molecule has 0 amide bonds. The standard InChI is InChI=1S/C22H20N2O3/c1-3-26-22(25)17-13-18-20(23-14(17)2)16-11-7-8-12-19(16)27-21(18)24-15-9-5-4-6-10-15/h4-13,21,24H,3H2,1-2H3. The maximum Gasteiger partial charge on any atom is 0.339 e. The van der Waals surface area contributed by atoms with Gasteiger partial charge < -0.3 is 14.8 Å². The molecule has 0 bridgehead atoms. The third kappa shape index (κ3) is 3.24. The number of anilines is 1. The van der Waals surface area contributed by atoms with E-state index in [-0.39, 0.29) is 5.97 Å². The highest BCUT2D eigenvalue weighted by atomic mass is 16.5. The fourth-order valence-electron chi connectivity index (χ4n) is 3.20. The molecule has 1 aromatic heterocycles. The average Bonchev–Trinajstić information content (AvgIpc) is 2.68. The van der Waals surface area contributed by atoms with Crippen LogP contribution in [0.3, 0.4) is 0 Å². The van der Waals surface area contributed by atoms with Crippen LogP contribution in [-0.4, -0.2) is 17.6 Å². The number of nitrogens with zero attached hydrogens (tertiary/aromatic N) is 1. The summed E-state index contributed by atoms with van der Waals surface area (Å²) >= 11 is 0. The van der Waals surface area contributed by atoms with Gasteiger partial charge in [-0.05, 0) is 44.2 Å². The Hall–Kier alpha value is -3.34. The second kappa shape index (κ2) is 7.11. The van der Waals surface area contributed by atoms with Crippen molar-refractivity contribution in [3.63, 3.8) is 0 Å². The number of aryl methyl sites for hydroxylation is 1. The van der Waals surface area contributed by atoms with Gasteiger partial charge in [0.05, 0.1) is 23.6 Å². The molecule has 1 aliphatic heterocycles. The minimum atomic E-state index is -0.460. The second-order valence-electron chi connectivity index (χ2n) is 6.28. The summed E-state index contributed by atoms with van der Waals surface area (Å²) in [5.41, 5.74) is 4.56. The number of benzene rings is 2. The van der Waals surface area contributed by atoms with E-state index in [1.807, 2.05) is 67.6 Å². The maximum atomic E-state index is 12.3. The Morgan fingerprint density at radius 3 is 2.67 bits per heavy atom. The van der Waals surface area contributed by atoms with E-state index in [1.54, 1.807) is 6.92 Å². The van der Waals surface area contributed by atoms with Crippen molar-refractivity contribution < 1.29 is 14.3 Å². The van der Waals surface area contributed by atoms with E-state index in [9.17, 15) is 4.79 Å². The molecule has 0 saturated carbocycles. The number of ether oxygens (including phenoxy) is 2. The van der Waals surface area contributed by atoms with Crippen LogP contribution in [0.4, 0.5) is 5.69 Å². The molecule has 27 heavy (non-hydrogen) atoms. The van der Waals surface area contributed by atoms with E-state index in [1.165, 1.54) is 0 Å². The summed E-state index contributed by atoms with van der Waals surface area (Å²) in [6, 6.07) is 19.4. The van der Waals surface area contributed by atoms with Gasteiger partial charge >= 0.3 is 5.97 Å². The maximum absolute atomic E-state index is 12.3. The van der Waals surface area contributed by atoms with E-state index in [4.69, 9.17) is 14.5 Å². The molecule has 5 heteroatoms. The number of esters is 1. The van der Waals surface area contributed by atoms with Crippen LogP contribution in [0.15, 0.2) is 60.7 Å². The van der Waals surface area contributed by atoms with Crippen LogP contribution in [0, 0.1) is 6.92 Å². The summed E-state index contributed by atoms with van der Waals surface area (Å²) < 4.78 is 11.4. The molecule has 0 aliphatic carbocycles. The molecule has 2 aromatic carbocycles. The lowest BCUT2D eigenvalue weighted by Crippen LogP contribution is -2.24. The monoisotopic (exact) mass is 360 g/mol. The lowest BCUT2D eigenvalue weighted by Gasteiger charge is -2.30. The summed E-state index contributed by atoms with van der Waals surface area (Å²) in [6.07, 6.45) is -0.460. The summed E-state index contributed by atoms with van der Waals surface area (Å²) in [5, 5.41) is 3.38. The third-order valence-corrected chi connectivity index (χ3v) is 4.48. The van der Waals surface area contributed by atoms with E-state index in [0.717, 1.165) is 28.3 Å². The minimum Gasteiger partial charge on any atom is -0.466 e. The quantitative estimate of drug-likeness (QED) is 0.681. The molecule has 2 heterocycles. The molecule has 4 rings (SSSR count). The highest BCUT2D eigenvalue weighted by Crippen LogP contribution is 2.42. The van der Waals surface area contributed by atoms with Crippen LogP contribution in [-0.2, 0) is 4.74 Å². The minimum absolute atomic E-state index is 0.320. The van der Waals surface area contributed by atoms with Crippen molar-refractivity contribution in [1.82, 2.24) is 4.98 Å². The fourth-order valence-corrected chi connectivity index (χ4v) is 3.20. The Labute approximate surface area is 158 Å². The Bertz CT molecular complexity index is 984. The number of rotatable bonds is 4. The second-order valence-corrected chi connectivity index (χ2v) is 6.28. The van der Waals surface area contributed by atoms with Crippen molar-refractivity contribution in [2.24, 2.45) is 0 Å². The number of para-hydroxylation sites is 2. The van der Waals surface area contributed by atoms with E-state index in [2.05, 4.69) is 5.32 Å². The van der Waals surface area contributed by atoms with Crippen molar-refractivity contribution in [2.45, 2.75) is 20.1 Å². The van der Waals surface area contributed by atoms with Crippen molar-refractivity contribution in [3.05, 3.63) is 77.5 Å². The smallest absolute Gasteiger partial charge is 0.339 e. The van der Waals surface area contributed by atoms with Gasteiger partial charge in [0.1, 0.15) is 5.75 Å². The molecule has 1 aliphatic rings. The van der Waals surface area contributed by atoms with Crippen molar-refractivity contribution in [2.75, 3.05) is 11.9 Å². The van der Waals surface area contributed by atoms with Gasteiger partial charge in [-0.25, -0.2) is 4.79 Å². The number of carbonyl (C=O) groups is 1. The third-order valence-electron chi connectivity index (χ3n) is 4.48. The first-order valence-electron chi connectivity index (χ1n) is 8.93. The summed E-state index contributed by atoms with van der Waals surface area (Å²) in [4.78, 5) is 17.1. The van der Waals surface area contributed by atoms with Crippen LogP contribution in [0.2, 0.25) is 0 Å². The number of hydrogen-bond donors (Lipinski definition) is 1. The van der Waals surface area contributed by atoms with Crippen molar-refractivity contribution in [3.8, 4) is 17.0 Å². The molecule has 0 fully saturated rings. The van der Waals surface area contributed by atoms with Crippen LogP contribution in [0.5, 0.6) is 5.75 Å². The van der Waals surface area contributed by atoms with Gasteiger partial charge in [0.15, 0.2) is 6.23 Å². The molecular formula is C22H20N2O3. The van der Waals surface area contributed by atoms with E-state index in [0.29, 0.717) is 17.9 Å². The predicted molar refractivity (Wildman–Crippen MR) is 104 cm³/mol. The van der Waals surface area contributed by atoms with E-state index >= 15 is 0 Å². The highest BCUT2D eigenvalue weighted by molar-refractivity contribution is 5.92. The number of carbonyl (C=O) groups excluding carboxylic acids is 1. The predicted octanol–water partition coefficient (Wildman–Crippen LogP) is 4.74. The molecule has 5 nitrogen and oxygen atoms in total. The van der Waals surface area contributed by atoms with Gasteiger partial charge in [-0.1, -0.05) is 30.3 Å². The summed E-state index contributed by atoms with van der Waals surface area (Å²) in [7, 11) is 0. The highest BCUT2D eigenvalue weighted by Gasteiger charge is 2.29. The topological polar surface area (TPSA) is 60.5 Å². The number of hydrogen-bond acceptors (Lipinski definition) is 5. The molecule has 1 N–H and O–H groups in total. The van der Waals surface area contributed by atoms with Crippen LogP contribution in [0.1, 0.15) is 34.8 Å². The van der Waals surface area contributed by atoms with Crippen molar-refractivity contribution in [1.29, 1.82) is 0 Å². The molecular weight excluding hydrogens is 340 g/mol. The Kier molecular flexibility index (Phi) is 4.50. The van der Waals surface area contributed by atoms with Crippen LogP contribution < -0.4 is 10.1 Å². The first-order chi connectivity index (χ1) is 13.2. The number of nitrogens with one attached hydrogen (secondary N) is 1. The molecule has 1 unspecified atom stereocenters. The number of pyridine rings is 1. The van der Waals surface area contributed by atoms with E-state index < -0.39 is 6.23 Å². The zero-order valence-corrected chi connectivity index (χ0v) is 15.2. The molecule has 1 atom stereocenters. The fraction of sp³-hybridized carbons (Fsp3) is 0.182. The largest absolute Gasteiger partial charge is 0.466 e. The zero-order chi connectivity index (χ0) is 18.8. The normalized spacial score (nSPS) is 14.5. The summed E-state index contributed by atoms with van der Waals surface area (Å²) in [6.45, 7) is 3.93. The van der Waals surface area contributed by atoms with Gasteiger partial charge in [-0.2, -0.15) is 0 Å². The molecule has 0 saturated heterocycles. The molecule has 3 aromatic rings. The Morgan fingerprint density at radius 2 is 1.89 bits per heavy atom. The van der Waals surface area contributed by atoms with Gasteiger partial charge in [0.2, 0.25) is 0 Å². The average molecular weight is 360 g/mol. The SMILES string of the molecule is CCOC(=O)c1cc2c(nc1C)-c1ccccc1OC2Nc1ccccc1. The van der Waals surface area contributed by atoms with Gasteiger partial charge in [-0.15, -0.1) is 0 Å². The van der Waals surface area contributed by atoms with Crippen LogP contribution in [0.25, 0.3) is 11.3 Å². The Morgan fingerprint density at radius 1 is 1.15 bits per heavy atom. The first kappa shape index (κ1) is 17.1. The molecule has 136 valence electrons. The first-order valence-corrected chi connectivity index (χ1v) is 8.93. The van der Waals surface area contributed by atoms with Crippen LogP contribution >= 0.6 is 0 Å². The van der Waals surface area contributed by atoms with Gasteiger partial charge in [-0.3, -0.25) is 4.98 Å². The van der Waals surface area contributed by atoms with Crippen molar-refractivity contribution >= 4 is 11.7 Å². The zero-order valence-electron chi connectivity index (χ0n) is 15.2. The van der Waals surface area contributed by atoms with Gasteiger partial charge in [0, 0.05) is 16.8 Å². The molecule has 0 radical (unpaired) electrons. The molecule has 0 spiro atoms. The lowest BCUT2D eigenvalue weighted by molar-refractivity contribution is 0.0524. The summed E-state index contributed by atoms with van der Waals surface area (Å²) in [5.74, 6) is 0.386. The van der Waals surface area contributed by atoms with Gasteiger partial charge in [0.25, 0.3) is 0 Å². The Balaban J connectivity index is 1.83. The lowest BCUT2D eigenvalue weighted by atomic mass is 9.98. The number of aromatic nitrogens is 1.